The summed E-state index contributed by atoms with van der Waals surface area (Å²) in [6.07, 6.45) is 1.00. The lowest BCUT2D eigenvalue weighted by molar-refractivity contribution is -0.274. The van der Waals surface area contributed by atoms with E-state index in [1.165, 1.54) is 18.3 Å². The Bertz CT molecular complexity index is 1400. The molecule has 0 spiro atoms. The molecular weight excluding hydrogens is 515 g/mol. The molecule has 0 unspecified atom stereocenters. The van der Waals surface area contributed by atoms with Crippen molar-refractivity contribution in [3.63, 3.8) is 0 Å². The summed E-state index contributed by atoms with van der Waals surface area (Å²) in [5.41, 5.74) is 1.16. The van der Waals surface area contributed by atoms with Crippen molar-refractivity contribution in [2.75, 3.05) is 17.2 Å². The molecule has 39 heavy (non-hydrogen) atoms. The number of aryl methyl sites for hydroxylation is 2. The van der Waals surface area contributed by atoms with E-state index in [2.05, 4.69) is 30.7 Å². The first-order valence-corrected chi connectivity index (χ1v) is 12.0. The van der Waals surface area contributed by atoms with Crippen LogP contribution in [0.2, 0.25) is 0 Å². The van der Waals surface area contributed by atoms with Crippen LogP contribution in [-0.4, -0.2) is 43.9 Å². The molecule has 4 rings (SSSR count). The summed E-state index contributed by atoms with van der Waals surface area (Å²) in [4.78, 5) is 34.0. The van der Waals surface area contributed by atoms with Crippen LogP contribution in [0.1, 0.15) is 28.4 Å². The molecule has 0 aliphatic heterocycles. The molecule has 2 heterocycles. The van der Waals surface area contributed by atoms with Gasteiger partial charge in [0.25, 0.3) is 5.91 Å². The van der Waals surface area contributed by atoms with Gasteiger partial charge >= 0.3 is 12.4 Å². The van der Waals surface area contributed by atoms with Crippen molar-refractivity contribution >= 4 is 23.4 Å². The van der Waals surface area contributed by atoms with Crippen LogP contribution in [-0.2, 0) is 13.1 Å². The third-order valence-electron chi connectivity index (χ3n) is 5.55. The molecule has 0 radical (unpaired) electrons. The van der Waals surface area contributed by atoms with Gasteiger partial charge in [0.2, 0.25) is 5.82 Å². The Balaban J connectivity index is 1.40. The third kappa shape index (κ3) is 8.09. The molecule has 204 valence electrons. The van der Waals surface area contributed by atoms with E-state index >= 15 is 0 Å². The van der Waals surface area contributed by atoms with Crippen LogP contribution in [0.15, 0.2) is 73.2 Å². The SMILES string of the molecule is Cc1nccn1CCCNC(=O)c1nc(NC(=O)Nc2ccc(OC(F)(F)F)cc2)cn1Cc1ccccc1. The number of hydrogen-bond donors (Lipinski definition) is 3. The summed E-state index contributed by atoms with van der Waals surface area (Å²) in [5.74, 6) is 0.312. The van der Waals surface area contributed by atoms with Gasteiger partial charge in [-0.3, -0.25) is 10.1 Å². The molecule has 3 amide bonds. The highest BCUT2D eigenvalue weighted by Gasteiger charge is 2.31. The Kier molecular flexibility index (Phi) is 8.49. The molecule has 0 aliphatic carbocycles. The van der Waals surface area contributed by atoms with Gasteiger partial charge in [-0.15, -0.1) is 13.2 Å². The molecule has 0 atom stereocenters. The van der Waals surface area contributed by atoms with Crippen LogP contribution in [0.3, 0.4) is 0 Å². The van der Waals surface area contributed by atoms with Crippen LogP contribution in [0.25, 0.3) is 0 Å². The number of alkyl halides is 3. The zero-order valence-electron chi connectivity index (χ0n) is 20.9. The first-order valence-electron chi connectivity index (χ1n) is 12.0. The normalized spacial score (nSPS) is 11.2. The summed E-state index contributed by atoms with van der Waals surface area (Å²) >= 11 is 0. The van der Waals surface area contributed by atoms with Crippen LogP contribution in [0, 0.1) is 6.92 Å². The maximum Gasteiger partial charge on any atom is 0.573 e. The Labute approximate surface area is 221 Å². The Morgan fingerprint density at radius 2 is 1.74 bits per heavy atom. The molecule has 2 aromatic heterocycles. The molecule has 0 aliphatic rings. The number of imidazole rings is 2. The van der Waals surface area contributed by atoms with Crippen molar-refractivity contribution in [3.05, 3.63) is 90.4 Å². The van der Waals surface area contributed by atoms with Gasteiger partial charge in [0.05, 0.1) is 0 Å². The minimum absolute atomic E-state index is 0.113. The second-order valence-corrected chi connectivity index (χ2v) is 8.49. The van der Waals surface area contributed by atoms with E-state index in [4.69, 9.17) is 0 Å². The van der Waals surface area contributed by atoms with Gasteiger partial charge in [0.15, 0.2) is 5.82 Å². The molecule has 0 saturated heterocycles. The van der Waals surface area contributed by atoms with Gasteiger partial charge < -0.3 is 24.5 Å². The quantitative estimate of drug-likeness (QED) is 0.250. The molecule has 10 nitrogen and oxygen atoms in total. The topological polar surface area (TPSA) is 115 Å². The van der Waals surface area contributed by atoms with Crippen LogP contribution in [0.5, 0.6) is 5.75 Å². The molecule has 0 bridgehead atoms. The molecule has 0 fully saturated rings. The van der Waals surface area contributed by atoms with Gasteiger partial charge in [-0.2, -0.15) is 0 Å². The highest BCUT2D eigenvalue weighted by Crippen LogP contribution is 2.24. The van der Waals surface area contributed by atoms with E-state index in [1.54, 1.807) is 10.8 Å². The van der Waals surface area contributed by atoms with E-state index in [9.17, 15) is 22.8 Å². The van der Waals surface area contributed by atoms with E-state index in [1.807, 2.05) is 48.0 Å². The van der Waals surface area contributed by atoms with Crippen LogP contribution < -0.4 is 20.7 Å². The van der Waals surface area contributed by atoms with Gasteiger partial charge in [0, 0.05) is 43.9 Å². The van der Waals surface area contributed by atoms with E-state index in [0.717, 1.165) is 23.5 Å². The summed E-state index contributed by atoms with van der Waals surface area (Å²) in [5, 5.41) is 7.92. The van der Waals surface area contributed by atoms with Crippen LogP contribution >= 0.6 is 0 Å². The molecule has 0 saturated carbocycles. The number of hydrogen-bond acceptors (Lipinski definition) is 5. The average molecular weight is 542 g/mol. The fourth-order valence-corrected chi connectivity index (χ4v) is 3.75. The molecule has 13 heteroatoms. The van der Waals surface area contributed by atoms with E-state index in [-0.39, 0.29) is 17.3 Å². The number of anilines is 2. The number of carbonyl (C=O) groups excluding carboxylic acids is 2. The highest BCUT2D eigenvalue weighted by molar-refractivity contribution is 5.99. The number of benzene rings is 2. The lowest BCUT2D eigenvalue weighted by Crippen LogP contribution is -2.28. The fourth-order valence-electron chi connectivity index (χ4n) is 3.75. The number of carbonyl (C=O) groups is 2. The number of nitrogens with zero attached hydrogens (tertiary/aromatic N) is 4. The fraction of sp³-hybridized carbons (Fsp3) is 0.231. The highest BCUT2D eigenvalue weighted by atomic mass is 19.4. The Morgan fingerprint density at radius 1 is 1.00 bits per heavy atom. The smallest absolute Gasteiger partial charge is 0.406 e. The number of rotatable bonds is 10. The Hall–Kier alpha value is -4.81. The second kappa shape index (κ2) is 12.2. The summed E-state index contributed by atoms with van der Waals surface area (Å²) < 4.78 is 44.5. The number of amides is 3. The van der Waals surface area contributed by atoms with Crippen molar-refractivity contribution in [1.29, 1.82) is 0 Å². The minimum Gasteiger partial charge on any atom is -0.406 e. The van der Waals surface area contributed by atoms with Gasteiger partial charge in [-0.05, 0) is 43.2 Å². The number of halogens is 3. The van der Waals surface area contributed by atoms with Gasteiger partial charge in [-0.1, -0.05) is 30.3 Å². The average Bonchev–Trinajstić information content (AvgIpc) is 3.48. The predicted octanol–water partition coefficient (Wildman–Crippen LogP) is 4.80. The number of aromatic nitrogens is 4. The zero-order chi connectivity index (χ0) is 27.8. The summed E-state index contributed by atoms with van der Waals surface area (Å²) in [6.45, 7) is 3.35. The lowest BCUT2D eigenvalue weighted by atomic mass is 10.2. The first-order chi connectivity index (χ1) is 18.7. The summed E-state index contributed by atoms with van der Waals surface area (Å²) in [7, 11) is 0. The van der Waals surface area contributed by atoms with E-state index < -0.39 is 24.1 Å². The standard InChI is InChI=1S/C26H26F3N7O3/c1-18-30-13-15-35(18)14-5-12-31-24(37)23-33-22(17-36(23)16-19-6-3-2-4-7-19)34-25(38)32-20-8-10-21(11-9-20)39-26(27,28)29/h2-4,6-11,13,15,17H,5,12,14,16H2,1H3,(H,31,37)(H2,32,34,38). The largest absolute Gasteiger partial charge is 0.573 e. The molecule has 2 aromatic carbocycles. The summed E-state index contributed by atoms with van der Waals surface area (Å²) in [6, 6.07) is 13.4. The lowest BCUT2D eigenvalue weighted by Gasteiger charge is -2.10. The van der Waals surface area contributed by atoms with Crippen molar-refractivity contribution in [2.45, 2.75) is 32.8 Å². The third-order valence-corrected chi connectivity index (χ3v) is 5.55. The predicted molar refractivity (Wildman–Crippen MR) is 137 cm³/mol. The molecule has 3 N–H and O–H groups in total. The molecular formula is C26H26F3N7O3. The maximum atomic E-state index is 13.0. The van der Waals surface area contributed by atoms with Crippen molar-refractivity contribution < 1.29 is 27.5 Å². The van der Waals surface area contributed by atoms with Gasteiger partial charge in [-0.25, -0.2) is 14.8 Å². The van der Waals surface area contributed by atoms with Crippen molar-refractivity contribution in [1.82, 2.24) is 24.4 Å². The van der Waals surface area contributed by atoms with Crippen molar-refractivity contribution in [3.8, 4) is 5.75 Å². The molecule has 4 aromatic rings. The monoisotopic (exact) mass is 541 g/mol. The zero-order valence-corrected chi connectivity index (χ0v) is 20.9. The maximum absolute atomic E-state index is 13.0. The van der Waals surface area contributed by atoms with Gasteiger partial charge in [0.1, 0.15) is 11.6 Å². The number of nitrogens with one attached hydrogen (secondary N) is 3. The van der Waals surface area contributed by atoms with E-state index in [0.29, 0.717) is 26.1 Å². The van der Waals surface area contributed by atoms with Crippen molar-refractivity contribution in [2.24, 2.45) is 0 Å². The van der Waals surface area contributed by atoms with Crippen LogP contribution in [0.4, 0.5) is 29.5 Å². The number of ether oxygens (including phenoxy) is 1. The Morgan fingerprint density at radius 3 is 2.41 bits per heavy atom. The minimum atomic E-state index is -4.81. The first kappa shape index (κ1) is 27.2. The second-order valence-electron chi connectivity index (χ2n) is 8.49. The number of urea groups is 1.